The van der Waals surface area contributed by atoms with Crippen molar-refractivity contribution >= 4 is 87.2 Å². The summed E-state index contributed by atoms with van der Waals surface area (Å²) in [6.07, 6.45) is 0. The first-order valence-corrected chi connectivity index (χ1v) is 25.9. The number of aromatic nitrogens is 6. The highest BCUT2D eigenvalue weighted by atomic mass is 15.0. The Labute approximate surface area is 436 Å². The first-order valence-electron chi connectivity index (χ1n) is 25.9. The average molecular weight is 969 g/mol. The van der Waals surface area contributed by atoms with Gasteiger partial charge in [0.1, 0.15) is 0 Å². The van der Waals surface area contributed by atoms with Crippen LogP contribution in [0, 0.1) is 0 Å². The molecule has 16 aromatic rings. The SMILES string of the molecule is c1ccc(-c2cc(-c3cc4c5ccccc5n(-c5ccccc5)c4c4c5ccccc5n(-c5ccc6c(c5)c5c(ccc7c8ccccc8n(-c8ccccc8)c75)n6-c5ccccc5)c34)nc(-c3ccccc3)n2)cc1. The molecule has 0 spiro atoms. The Balaban J connectivity index is 1.10. The molecule has 0 amide bonds. The number of rotatable bonds is 7. The molecule has 5 aromatic heterocycles. The zero-order chi connectivity index (χ0) is 49.8. The van der Waals surface area contributed by atoms with Gasteiger partial charge in [-0.1, -0.05) is 176 Å². The summed E-state index contributed by atoms with van der Waals surface area (Å²) >= 11 is 0. The van der Waals surface area contributed by atoms with Crippen LogP contribution in [0.2, 0.25) is 0 Å². The lowest BCUT2D eigenvalue weighted by Gasteiger charge is -2.15. The molecule has 0 atom stereocenters. The van der Waals surface area contributed by atoms with Gasteiger partial charge >= 0.3 is 0 Å². The normalized spacial score (nSPS) is 11.9. The molecule has 5 heterocycles. The van der Waals surface area contributed by atoms with Crippen molar-refractivity contribution in [3.63, 3.8) is 0 Å². The van der Waals surface area contributed by atoms with Crippen LogP contribution in [0.5, 0.6) is 0 Å². The largest absolute Gasteiger partial charge is 0.309 e. The standard InChI is InChI=1S/C70H44N6/c1-6-22-45(23-7-1)58-44-59(72-70(71-58)46-24-8-2-9-25-46)56-43-55-52-33-17-20-36-61(52)75(49-30-14-5-15-31-49)68(55)66-54-34-18-21-37-62(54)76(69(56)66)50-38-40-63-57(42-50)65-64(73(63)47-26-10-3-11-27-47)41-39-53-51-32-16-19-35-60(51)74(67(53)65)48-28-12-4-13-29-48/h1-44H. The Morgan fingerprint density at radius 1 is 0.237 bits per heavy atom. The second-order valence-electron chi connectivity index (χ2n) is 19.7. The lowest BCUT2D eigenvalue weighted by atomic mass is 9.99. The van der Waals surface area contributed by atoms with Crippen molar-refractivity contribution in [2.75, 3.05) is 0 Å². The highest BCUT2D eigenvalue weighted by Gasteiger charge is 2.27. The Morgan fingerprint density at radius 2 is 0.684 bits per heavy atom. The van der Waals surface area contributed by atoms with Crippen molar-refractivity contribution in [3.8, 4) is 56.7 Å². The van der Waals surface area contributed by atoms with Crippen molar-refractivity contribution in [1.82, 2.24) is 28.2 Å². The third-order valence-electron chi connectivity index (χ3n) is 15.5. The monoisotopic (exact) mass is 968 g/mol. The van der Waals surface area contributed by atoms with Gasteiger partial charge in [-0.3, -0.25) is 0 Å². The maximum atomic E-state index is 5.59. The maximum Gasteiger partial charge on any atom is 0.160 e. The fraction of sp³-hybridized carbons (Fsp3) is 0. The van der Waals surface area contributed by atoms with Crippen LogP contribution in [0.3, 0.4) is 0 Å². The van der Waals surface area contributed by atoms with E-state index in [1.54, 1.807) is 0 Å². The second kappa shape index (κ2) is 16.6. The van der Waals surface area contributed by atoms with Crippen LogP contribution in [0.15, 0.2) is 267 Å². The molecule has 76 heavy (non-hydrogen) atoms. The Kier molecular flexibility index (Phi) is 9.23. The minimum absolute atomic E-state index is 0.674. The molecule has 0 aliphatic rings. The predicted octanol–water partition coefficient (Wildman–Crippen LogP) is 17.9. The number of benzene rings is 11. The molecule has 16 rings (SSSR count). The molecule has 6 nitrogen and oxygen atoms in total. The highest BCUT2D eigenvalue weighted by molar-refractivity contribution is 6.30. The predicted molar refractivity (Wildman–Crippen MR) is 316 cm³/mol. The van der Waals surface area contributed by atoms with E-state index >= 15 is 0 Å². The van der Waals surface area contributed by atoms with Crippen molar-refractivity contribution < 1.29 is 0 Å². The van der Waals surface area contributed by atoms with E-state index in [1.807, 2.05) is 6.07 Å². The third kappa shape index (κ3) is 6.22. The van der Waals surface area contributed by atoms with E-state index in [9.17, 15) is 0 Å². The molecular formula is C70H44N6. The van der Waals surface area contributed by atoms with E-state index in [0.29, 0.717) is 5.82 Å². The van der Waals surface area contributed by atoms with Crippen LogP contribution >= 0.6 is 0 Å². The highest BCUT2D eigenvalue weighted by Crippen LogP contribution is 2.48. The summed E-state index contributed by atoms with van der Waals surface area (Å²) in [7, 11) is 0. The van der Waals surface area contributed by atoms with Gasteiger partial charge in [0, 0.05) is 82.5 Å². The summed E-state index contributed by atoms with van der Waals surface area (Å²) in [5, 5.41) is 9.44. The van der Waals surface area contributed by atoms with Crippen LogP contribution in [0.4, 0.5) is 0 Å². The second-order valence-corrected chi connectivity index (χ2v) is 19.7. The Hall–Kier alpha value is -10.3. The molecule has 0 N–H and O–H groups in total. The summed E-state index contributed by atoms with van der Waals surface area (Å²) in [4.78, 5) is 10.9. The van der Waals surface area contributed by atoms with Gasteiger partial charge in [0.2, 0.25) is 0 Å². The fourth-order valence-corrected chi connectivity index (χ4v) is 12.4. The molecule has 0 unspecified atom stereocenters. The Morgan fingerprint density at radius 3 is 1.30 bits per heavy atom. The molecule has 0 fully saturated rings. The minimum atomic E-state index is 0.674. The lowest BCUT2D eigenvalue weighted by Crippen LogP contribution is -2.00. The van der Waals surface area contributed by atoms with E-state index in [-0.39, 0.29) is 0 Å². The summed E-state index contributed by atoms with van der Waals surface area (Å²) in [5.41, 5.74) is 18.2. The molecule has 0 aliphatic heterocycles. The van der Waals surface area contributed by atoms with Crippen molar-refractivity contribution in [2.45, 2.75) is 0 Å². The number of nitrogens with zero attached hydrogens (tertiary/aromatic N) is 6. The third-order valence-corrected chi connectivity index (χ3v) is 15.5. The molecule has 6 heteroatoms. The van der Waals surface area contributed by atoms with Crippen LogP contribution in [-0.2, 0) is 0 Å². The summed E-state index contributed by atoms with van der Waals surface area (Å²) in [5.74, 6) is 0.674. The molecule has 11 aromatic carbocycles. The number of fused-ring (bicyclic) bond motifs is 14. The van der Waals surface area contributed by atoms with E-state index in [1.165, 1.54) is 32.6 Å². The minimum Gasteiger partial charge on any atom is -0.309 e. The fourth-order valence-electron chi connectivity index (χ4n) is 12.4. The van der Waals surface area contributed by atoms with Crippen molar-refractivity contribution in [2.24, 2.45) is 0 Å². The maximum absolute atomic E-state index is 5.59. The first kappa shape index (κ1) is 42.2. The van der Waals surface area contributed by atoms with Gasteiger partial charge in [0.15, 0.2) is 5.82 Å². The molecular weight excluding hydrogens is 925 g/mol. The molecule has 0 saturated heterocycles. The van der Waals surface area contributed by atoms with Crippen LogP contribution in [0.25, 0.3) is 144 Å². The molecule has 0 saturated carbocycles. The molecule has 0 radical (unpaired) electrons. The summed E-state index contributed by atoms with van der Waals surface area (Å²) in [6.45, 7) is 0. The van der Waals surface area contributed by atoms with Crippen molar-refractivity contribution in [1.29, 1.82) is 0 Å². The van der Waals surface area contributed by atoms with Gasteiger partial charge in [0.05, 0.1) is 55.5 Å². The van der Waals surface area contributed by atoms with Gasteiger partial charge in [0.25, 0.3) is 0 Å². The number of para-hydroxylation sites is 6. The number of hydrogen-bond acceptors (Lipinski definition) is 2. The zero-order valence-corrected chi connectivity index (χ0v) is 41.1. The van der Waals surface area contributed by atoms with Gasteiger partial charge in [-0.2, -0.15) is 0 Å². The van der Waals surface area contributed by atoms with Gasteiger partial charge in [-0.25, -0.2) is 9.97 Å². The van der Waals surface area contributed by atoms with Crippen LogP contribution in [0.1, 0.15) is 0 Å². The zero-order valence-electron chi connectivity index (χ0n) is 41.1. The van der Waals surface area contributed by atoms with E-state index in [4.69, 9.17) is 9.97 Å². The van der Waals surface area contributed by atoms with Crippen molar-refractivity contribution in [3.05, 3.63) is 267 Å². The van der Waals surface area contributed by atoms with E-state index in [2.05, 4.69) is 279 Å². The smallest absolute Gasteiger partial charge is 0.160 e. The lowest BCUT2D eigenvalue weighted by molar-refractivity contribution is 1.16. The van der Waals surface area contributed by atoms with E-state index in [0.717, 1.165) is 105 Å². The molecule has 354 valence electrons. The van der Waals surface area contributed by atoms with Crippen LogP contribution < -0.4 is 0 Å². The van der Waals surface area contributed by atoms with E-state index < -0.39 is 0 Å². The number of hydrogen-bond donors (Lipinski definition) is 0. The topological polar surface area (TPSA) is 45.5 Å². The average Bonchev–Trinajstić information content (AvgIpc) is 4.29. The van der Waals surface area contributed by atoms with Gasteiger partial charge in [-0.15, -0.1) is 0 Å². The molecule has 0 aliphatic carbocycles. The summed E-state index contributed by atoms with van der Waals surface area (Å²) < 4.78 is 9.89. The van der Waals surface area contributed by atoms with Crippen LogP contribution in [-0.4, -0.2) is 28.2 Å². The van der Waals surface area contributed by atoms with Gasteiger partial charge < -0.3 is 18.3 Å². The Bertz CT molecular complexity index is 4890. The first-order chi connectivity index (χ1) is 37.7. The quantitative estimate of drug-likeness (QED) is 0.160. The van der Waals surface area contributed by atoms with Gasteiger partial charge in [-0.05, 0) is 91.0 Å². The summed E-state index contributed by atoms with van der Waals surface area (Å²) in [6, 6.07) is 96.3. The molecule has 0 bridgehead atoms.